The summed E-state index contributed by atoms with van der Waals surface area (Å²) < 4.78 is 16.0. The number of rotatable bonds is 6. The van der Waals surface area contributed by atoms with Gasteiger partial charge in [-0.3, -0.25) is 9.59 Å². The van der Waals surface area contributed by atoms with Crippen LogP contribution in [0.15, 0.2) is 30.6 Å². The molecule has 3 aromatic rings. The second-order valence-electron chi connectivity index (χ2n) is 9.00. The van der Waals surface area contributed by atoms with Crippen LogP contribution < -0.4 is 15.5 Å². The SMILES string of the molecule is CC(=O)NC(Cc1ccccc1F)C(=O)NC1CCN(c2c3c(nc4ncnn24)CCC3)CC1. The Bertz CT molecular complexity index is 1220. The van der Waals surface area contributed by atoms with Gasteiger partial charge < -0.3 is 15.5 Å². The van der Waals surface area contributed by atoms with Crippen molar-refractivity contribution in [3.8, 4) is 0 Å². The van der Waals surface area contributed by atoms with Crippen LogP contribution in [0.5, 0.6) is 0 Å². The van der Waals surface area contributed by atoms with Crippen molar-refractivity contribution in [2.75, 3.05) is 18.0 Å². The smallest absolute Gasteiger partial charge is 0.254 e. The van der Waals surface area contributed by atoms with Crippen LogP contribution in [0.1, 0.15) is 43.0 Å². The maximum absolute atomic E-state index is 14.1. The molecular formula is C24H28FN7O2. The minimum absolute atomic E-state index is 0.0262. The topological polar surface area (TPSA) is 105 Å². The standard InChI is InChI=1S/C24H28FN7O2/c1-15(33)28-21(13-16-5-2-3-7-19(16)25)22(34)29-17-9-11-31(12-10-17)23-18-6-4-8-20(18)30-24-26-14-27-32(23)24/h2-3,5,7,14,17,21H,4,6,8-13H2,1H3,(H,28,33)(H,29,34). The summed E-state index contributed by atoms with van der Waals surface area (Å²) in [4.78, 5) is 36.0. The van der Waals surface area contributed by atoms with Crippen molar-refractivity contribution in [3.05, 3.63) is 53.2 Å². The zero-order chi connectivity index (χ0) is 23.7. The first-order valence-electron chi connectivity index (χ1n) is 11.8. The van der Waals surface area contributed by atoms with Gasteiger partial charge in [0.2, 0.25) is 11.8 Å². The Morgan fingerprint density at radius 2 is 2.00 bits per heavy atom. The van der Waals surface area contributed by atoms with Gasteiger partial charge in [0, 0.05) is 38.0 Å². The number of piperidine rings is 1. The molecule has 1 fully saturated rings. The fourth-order valence-electron chi connectivity index (χ4n) is 5.00. The highest BCUT2D eigenvalue weighted by Gasteiger charge is 2.30. The molecule has 5 rings (SSSR count). The van der Waals surface area contributed by atoms with E-state index in [4.69, 9.17) is 0 Å². The highest BCUT2D eigenvalue weighted by Crippen LogP contribution is 2.32. The Morgan fingerprint density at radius 1 is 1.21 bits per heavy atom. The lowest BCUT2D eigenvalue weighted by Gasteiger charge is -2.35. The number of carbonyl (C=O) groups excluding carboxylic acids is 2. The summed E-state index contributed by atoms with van der Waals surface area (Å²) in [6.45, 7) is 2.88. The second-order valence-corrected chi connectivity index (χ2v) is 9.00. The van der Waals surface area contributed by atoms with Crippen LogP contribution in [0.3, 0.4) is 0 Å². The lowest BCUT2D eigenvalue weighted by atomic mass is 10.0. The van der Waals surface area contributed by atoms with Crippen molar-refractivity contribution in [3.63, 3.8) is 0 Å². The van der Waals surface area contributed by atoms with Crippen LogP contribution in [0.4, 0.5) is 10.2 Å². The number of benzene rings is 1. The lowest BCUT2D eigenvalue weighted by molar-refractivity contribution is -0.128. The summed E-state index contributed by atoms with van der Waals surface area (Å²) in [6, 6.07) is 5.46. The van der Waals surface area contributed by atoms with Gasteiger partial charge in [0.15, 0.2) is 0 Å². The molecule has 2 N–H and O–H groups in total. The number of anilines is 1. The number of aromatic nitrogens is 4. The number of halogens is 1. The van der Waals surface area contributed by atoms with Crippen molar-refractivity contribution in [1.82, 2.24) is 30.2 Å². The molecule has 34 heavy (non-hydrogen) atoms. The number of amides is 2. The summed E-state index contributed by atoms with van der Waals surface area (Å²) in [7, 11) is 0. The van der Waals surface area contributed by atoms with Crippen LogP contribution in [0, 0.1) is 5.82 Å². The molecule has 1 unspecified atom stereocenters. The van der Waals surface area contributed by atoms with Crippen molar-refractivity contribution in [2.24, 2.45) is 0 Å². The summed E-state index contributed by atoms with van der Waals surface area (Å²) in [6.07, 6.45) is 6.18. The van der Waals surface area contributed by atoms with E-state index in [-0.39, 0.29) is 30.1 Å². The third-order valence-corrected chi connectivity index (χ3v) is 6.64. The van der Waals surface area contributed by atoms with Gasteiger partial charge in [0.1, 0.15) is 24.0 Å². The maximum Gasteiger partial charge on any atom is 0.254 e. The van der Waals surface area contributed by atoms with Crippen LogP contribution >= 0.6 is 0 Å². The molecule has 2 aromatic heterocycles. The van der Waals surface area contributed by atoms with E-state index in [2.05, 4.69) is 30.6 Å². The van der Waals surface area contributed by atoms with Gasteiger partial charge in [-0.05, 0) is 43.7 Å². The fraction of sp³-hybridized carbons (Fsp3) is 0.458. The fourth-order valence-corrected chi connectivity index (χ4v) is 5.00. The van der Waals surface area contributed by atoms with Crippen molar-refractivity contribution >= 4 is 23.4 Å². The summed E-state index contributed by atoms with van der Waals surface area (Å²) in [5.41, 5.74) is 2.75. The zero-order valence-electron chi connectivity index (χ0n) is 19.1. The van der Waals surface area contributed by atoms with E-state index >= 15 is 0 Å². The Kier molecular flexibility index (Phi) is 6.12. The molecule has 10 heteroatoms. The normalized spacial score (nSPS) is 16.9. The van der Waals surface area contributed by atoms with Gasteiger partial charge in [0.05, 0.1) is 5.69 Å². The van der Waals surface area contributed by atoms with Gasteiger partial charge in [-0.25, -0.2) is 9.37 Å². The van der Waals surface area contributed by atoms with E-state index in [0.717, 1.165) is 56.7 Å². The molecule has 1 aliphatic carbocycles. The largest absolute Gasteiger partial charge is 0.356 e. The molecule has 1 saturated heterocycles. The lowest BCUT2D eigenvalue weighted by Crippen LogP contribution is -2.53. The van der Waals surface area contributed by atoms with E-state index in [9.17, 15) is 14.0 Å². The maximum atomic E-state index is 14.1. The number of nitrogens with one attached hydrogen (secondary N) is 2. The van der Waals surface area contributed by atoms with E-state index in [1.54, 1.807) is 18.2 Å². The van der Waals surface area contributed by atoms with Gasteiger partial charge in [0.25, 0.3) is 5.78 Å². The Hall–Kier alpha value is -3.56. The van der Waals surface area contributed by atoms with Crippen LogP contribution in [-0.2, 0) is 28.9 Å². The molecule has 1 aliphatic heterocycles. The summed E-state index contributed by atoms with van der Waals surface area (Å²) >= 11 is 0. The molecule has 0 radical (unpaired) electrons. The van der Waals surface area contributed by atoms with Crippen LogP contribution in [0.25, 0.3) is 5.78 Å². The zero-order valence-corrected chi connectivity index (χ0v) is 19.1. The first kappa shape index (κ1) is 22.2. The molecule has 0 saturated carbocycles. The number of carbonyl (C=O) groups is 2. The average Bonchev–Trinajstić information content (AvgIpc) is 3.48. The molecule has 0 bridgehead atoms. The van der Waals surface area contributed by atoms with Crippen molar-refractivity contribution in [2.45, 2.75) is 57.5 Å². The van der Waals surface area contributed by atoms with Gasteiger partial charge >= 0.3 is 0 Å². The molecular weight excluding hydrogens is 437 g/mol. The summed E-state index contributed by atoms with van der Waals surface area (Å²) in [5, 5.41) is 10.1. The van der Waals surface area contributed by atoms with E-state index in [0.29, 0.717) is 11.3 Å². The second kappa shape index (κ2) is 9.36. The average molecular weight is 466 g/mol. The van der Waals surface area contributed by atoms with Crippen LogP contribution in [0.2, 0.25) is 0 Å². The molecule has 2 amide bonds. The number of nitrogens with zero attached hydrogens (tertiary/aromatic N) is 5. The monoisotopic (exact) mass is 465 g/mol. The number of hydrogen-bond donors (Lipinski definition) is 2. The Morgan fingerprint density at radius 3 is 2.76 bits per heavy atom. The van der Waals surface area contributed by atoms with Gasteiger partial charge in [-0.2, -0.15) is 14.6 Å². The highest BCUT2D eigenvalue weighted by atomic mass is 19.1. The van der Waals surface area contributed by atoms with Crippen molar-refractivity contribution in [1.29, 1.82) is 0 Å². The molecule has 9 nitrogen and oxygen atoms in total. The summed E-state index contributed by atoms with van der Waals surface area (Å²) in [5.74, 6) is 0.686. The van der Waals surface area contributed by atoms with Gasteiger partial charge in [-0.1, -0.05) is 18.2 Å². The quantitative estimate of drug-likeness (QED) is 0.573. The third kappa shape index (κ3) is 4.44. The number of hydrogen-bond acceptors (Lipinski definition) is 6. The van der Waals surface area contributed by atoms with E-state index < -0.39 is 6.04 Å². The molecule has 3 heterocycles. The molecule has 0 spiro atoms. The van der Waals surface area contributed by atoms with Crippen molar-refractivity contribution < 1.29 is 14.0 Å². The third-order valence-electron chi connectivity index (χ3n) is 6.64. The first-order chi connectivity index (χ1) is 16.5. The molecule has 1 aromatic carbocycles. The van der Waals surface area contributed by atoms with E-state index in [1.807, 2.05) is 4.52 Å². The molecule has 1 atom stereocenters. The Balaban J connectivity index is 1.26. The minimum Gasteiger partial charge on any atom is -0.356 e. The first-order valence-corrected chi connectivity index (χ1v) is 11.8. The predicted octanol–water partition coefficient (Wildman–Crippen LogP) is 1.58. The Labute approximate surface area is 196 Å². The predicted molar refractivity (Wildman–Crippen MR) is 124 cm³/mol. The number of fused-ring (bicyclic) bond motifs is 2. The number of aryl methyl sites for hydroxylation is 1. The van der Waals surface area contributed by atoms with E-state index in [1.165, 1.54) is 24.9 Å². The highest BCUT2D eigenvalue weighted by molar-refractivity contribution is 5.87. The molecule has 178 valence electrons. The van der Waals surface area contributed by atoms with Crippen LogP contribution in [-0.4, -0.2) is 56.6 Å². The molecule has 2 aliphatic rings. The minimum atomic E-state index is -0.828. The van der Waals surface area contributed by atoms with Gasteiger partial charge in [-0.15, -0.1) is 0 Å².